The number of hydrogen-bond donors (Lipinski definition) is 3. The van der Waals surface area contributed by atoms with Crippen molar-refractivity contribution in [1.29, 1.82) is 0 Å². The minimum absolute atomic E-state index is 0.0439. The molecule has 2 heterocycles. The van der Waals surface area contributed by atoms with E-state index in [1.165, 1.54) is 18.2 Å². The van der Waals surface area contributed by atoms with Crippen LogP contribution in [0.25, 0.3) is 21.9 Å². The number of aromatic hydroxyl groups is 1. The van der Waals surface area contributed by atoms with Crippen LogP contribution in [0.2, 0.25) is 0 Å². The molecule has 2 aromatic carbocycles. The minimum Gasteiger partial charge on any atom is -0.548 e. The van der Waals surface area contributed by atoms with Gasteiger partial charge in [0.05, 0.1) is 12.0 Å². The van der Waals surface area contributed by atoms with E-state index in [4.69, 9.17) is 9.15 Å². The fraction of sp³-hybridized carbons (Fsp3) is 0.208. The predicted molar refractivity (Wildman–Crippen MR) is 118 cm³/mol. The highest BCUT2D eigenvalue weighted by atomic mass is 16.5. The van der Waals surface area contributed by atoms with Gasteiger partial charge >= 0.3 is 5.63 Å². The number of H-pyrrole nitrogens is 1. The molecule has 0 saturated heterocycles. The van der Waals surface area contributed by atoms with Crippen molar-refractivity contribution in [2.24, 2.45) is 0 Å². The number of ether oxygens (including phenoxy) is 1. The average molecular weight is 449 g/mol. The van der Waals surface area contributed by atoms with Gasteiger partial charge in [-0.25, -0.2) is 4.79 Å². The zero-order valence-corrected chi connectivity index (χ0v) is 17.9. The fourth-order valence-electron chi connectivity index (χ4n) is 3.65. The SMILES string of the molecule is Cc1c(C)c2ccc(OCC(=O)N[C@@H](Cc3c[nH]c4ccc(O)cc34)C(=O)[O-])cc2oc1=O. The number of carboxylic acids is 1. The zero-order chi connectivity index (χ0) is 23.7. The number of phenols is 1. The Labute approximate surface area is 187 Å². The summed E-state index contributed by atoms with van der Waals surface area (Å²) < 4.78 is 10.7. The van der Waals surface area contributed by atoms with E-state index in [0.717, 1.165) is 16.5 Å². The van der Waals surface area contributed by atoms with Gasteiger partial charge in [-0.1, -0.05) is 0 Å². The molecule has 9 nitrogen and oxygen atoms in total. The summed E-state index contributed by atoms with van der Waals surface area (Å²) in [4.78, 5) is 38.8. The molecule has 0 spiro atoms. The van der Waals surface area contributed by atoms with Crippen molar-refractivity contribution in [3.8, 4) is 11.5 Å². The number of amides is 1. The highest BCUT2D eigenvalue weighted by Gasteiger charge is 2.17. The van der Waals surface area contributed by atoms with Crippen LogP contribution in [0.15, 0.2) is 51.8 Å². The molecule has 0 aliphatic carbocycles. The summed E-state index contributed by atoms with van der Waals surface area (Å²) >= 11 is 0. The molecule has 1 atom stereocenters. The van der Waals surface area contributed by atoms with Gasteiger partial charge < -0.3 is 34.5 Å². The van der Waals surface area contributed by atoms with Crippen LogP contribution in [-0.2, 0) is 16.0 Å². The number of benzene rings is 2. The number of aryl methyl sites for hydroxylation is 1. The third-order valence-corrected chi connectivity index (χ3v) is 5.59. The number of fused-ring (bicyclic) bond motifs is 2. The first kappa shape index (κ1) is 21.9. The lowest BCUT2D eigenvalue weighted by molar-refractivity contribution is -0.308. The van der Waals surface area contributed by atoms with Crippen LogP contribution in [0, 0.1) is 13.8 Å². The Kier molecular flexibility index (Phi) is 5.78. The molecule has 4 rings (SSSR count). The molecule has 4 aromatic rings. The summed E-state index contributed by atoms with van der Waals surface area (Å²) in [5, 5.41) is 25.1. The Balaban J connectivity index is 1.44. The van der Waals surface area contributed by atoms with Crippen molar-refractivity contribution in [3.63, 3.8) is 0 Å². The van der Waals surface area contributed by atoms with Crippen molar-refractivity contribution in [2.75, 3.05) is 6.61 Å². The molecule has 0 aliphatic heterocycles. The minimum atomic E-state index is -1.45. The first-order valence-corrected chi connectivity index (χ1v) is 10.2. The Morgan fingerprint density at radius 2 is 1.94 bits per heavy atom. The van der Waals surface area contributed by atoms with Gasteiger partial charge in [0.1, 0.15) is 17.1 Å². The normalized spacial score (nSPS) is 12.1. The topological polar surface area (TPSA) is 145 Å². The highest BCUT2D eigenvalue weighted by Crippen LogP contribution is 2.25. The summed E-state index contributed by atoms with van der Waals surface area (Å²) in [6, 6.07) is 8.26. The quantitative estimate of drug-likeness (QED) is 0.362. The molecule has 0 fully saturated rings. The standard InChI is InChI=1S/C24H22N2O7/c1-12-13(2)24(31)33-21-9-16(4-5-17(12)21)32-11-22(28)26-20(23(29)30)7-14-10-25-19-6-3-15(27)8-18(14)19/h3-6,8-10,20,25,27H,7,11H2,1-2H3,(H,26,28)(H,29,30)/p-1/t20-/m0/s1. The molecule has 0 unspecified atom stereocenters. The van der Waals surface area contributed by atoms with Gasteiger partial charge in [0.15, 0.2) is 6.61 Å². The maximum Gasteiger partial charge on any atom is 0.339 e. The summed E-state index contributed by atoms with van der Waals surface area (Å²) in [5.74, 6) is -1.77. The second kappa shape index (κ2) is 8.70. The maximum absolute atomic E-state index is 12.3. The Hall–Kier alpha value is -4.27. The predicted octanol–water partition coefficient (Wildman–Crippen LogP) is 1.45. The van der Waals surface area contributed by atoms with Crippen molar-refractivity contribution in [3.05, 3.63) is 69.7 Å². The number of carbonyl (C=O) groups excluding carboxylic acids is 2. The molecule has 0 saturated carbocycles. The fourth-order valence-corrected chi connectivity index (χ4v) is 3.65. The molecule has 9 heteroatoms. The average Bonchev–Trinajstić information content (AvgIpc) is 3.17. The molecule has 0 bridgehead atoms. The summed E-state index contributed by atoms with van der Waals surface area (Å²) in [6.45, 7) is 3.05. The van der Waals surface area contributed by atoms with Crippen LogP contribution in [0.3, 0.4) is 0 Å². The second-order valence-electron chi connectivity index (χ2n) is 7.77. The van der Waals surface area contributed by atoms with E-state index >= 15 is 0 Å². The number of hydrogen-bond acceptors (Lipinski definition) is 7. The molecule has 0 radical (unpaired) electrons. The largest absolute Gasteiger partial charge is 0.548 e. The van der Waals surface area contributed by atoms with Gasteiger partial charge in [0.2, 0.25) is 0 Å². The Morgan fingerprint density at radius 1 is 1.15 bits per heavy atom. The third-order valence-electron chi connectivity index (χ3n) is 5.59. The van der Waals surface area contributed by atoms with Crippen LogP contribution < -0.4 is 20.8 Å². The highest BCUT2D eigenvalue weighted by molar-refractivity contribution is 5.87. The van der Waals surface area contributed by atoms with Gasteiger partial charge in [-0.05, 0) is 55.3 Å². The third kappa shape index (κ3) is 4.52. The van der Waals surface area contributed by atoms with E-state index in [9.17, 15) is 24.6 Å². The first-order valence-electron chi connectivity index (χ1n) is 10.2. The van der Waals surface area contributed by atoms with Gasteiger partial charge in [-0.15, -0.1) is 0 Å². The maximum atomic E-state index is 12.3. The Morgan fingerprint density at radius 3 is 2.70 bits per heavy atom. The van der Waals surface area contributed by atoms with E-state index < -0.39 is 30.2 Å². The summed E-state index contributed by atoms with van der Waals surface area (Å²) in [5.41, 5.74) is 2.53. The van der Waals surface area contributed by atoms with Crippen LogP contribution >= 0.6 is 0 Å². The number of carbonyl (C=O) groups is 2. The van der Waals surface area contributed by atoms with Gasteiger partial charge in [0, 0.05) is 40.5 Å². The lowest BCUT2D eigenvalue weighted by Gasteiger charge is -2.19. The van der Waals surface area contributed by atoms with Crippen molar-refractivity contribution < 1.29 is 29.0 Å². The molecular weight excluding hydrogens is 428 g/mol. The van der Waals surface area contributed by atoms with E-state index in [2.05, 4.69) is 10.3 Å². The summed E-state index contributed by atoms with van der Waals surface area (Å²) in [7, 11) is 0. The van der Waals surface area contributed by atoms with E-state index in [1.54, 1.807) is 31.3 Å². The van der Waals surface area contributed by atoms with Crippen LogP contribution in [0.5, 0.6) is 11.5 Å². The number of rotatable bonds is 7. The zero-order valence-electron chi connectivity index (χ0n) is 17.9. The number of carboxylic acid groups (broad SMARTS) is 1. The number of aliphatic carboxylic acids is 1. The lowest BCUT2D eigenvalue weighted by atomic mass is 10.0. The summed E-state index contributed by atoms with van der Waals surface area (Å²) in [6.07, 6.45) is 1.58. The smallest absolute Gasteiger partial charge is 0.339 e. The molecule has 33 heavy (non-hydrogen) atoms. The van der Waals surface area contributed by atoms with E-state index in [-0.39, 0.29) is 12.2 Å². The molecule has 2 aromatic heterocycles. The second-order valence-corrected chi connectivity index (χ2v) is 7.77. The van der Waals surface area contributed by atoms with Crippen molar-refractivity contribution in [1.82, 2.24) is 10.3 Å². The molecule has 3 N–H and O–H groups in total. The van der Waals surface area contributed by atoms with Crippen LogP contribution in [0.1, 0.15) is 16.7 Å². The van der Waals surface area contributed by atoms with Crippen LogP contribution in [-0.4, -0.2) is 34.6 Å². The molecular formula is C24H21N2O7-. The number of aromatic amines is 1. The molecule has 0 aliphatic rings. The van der Waals surface area contributed by atoms with Crippen LogP contribution in [0.4, 0.5) is 0 Å². The molecule has 1 amide bonds. The van der Waals surface area contributed by atoms with Gasteiger partial charge in [-0.2, -0.15) is 0 Å². The number of nitrogens with one attached hydrogen (secondary N) is 2. The molecule has 170 valence electrons. The van der Waals surface area contributed by atoms with Gasteiger partial charge in [0.25, 0.3) is 5.91 Å². The van der Waals surface area contributed by atoms with E-state index in [1.807, 2.05) is 6.92 Å². The number of phenolic OH excluding ortho intramolecular Hbond substituents is 1. The van der Waals surface area contributed by atoms with Gasteiger partial charge in [-0.3, -0.25) is 4.79 Å². The Bertz CT molecular complexity index is 1430. The van der Waals surface area contributed by atoms with Crippen molar-refractivity contribution in [2.45, 2.75) is 26.3 Å². The van der Waals surface area contributed by atoms with Crippen molar-refractivity contribution >= 4 is 33.7 Å². The number of aromatic nitrogens is 1. The lowest BCUT2D eigenvalue weighted by Crippen LogP contribution is -2.50. The van der Waals surface area contributed by atoms with E-state index in [0.29, 0.717) is 27.8 Å². The monoisotopic (exact) mass is 449 g/mol. The first-order chi connectivity index (χ1) is 15.7.